The molecule has 15 nitrogen and oxygen atoms in total. The van der Waals surface area contributed by atoms with Gasteiger partial charge in [0.25, 0.3) is 40.5 Å². The van der Waals surface area contributed by atoms with Crippen LogP contribution in [-0.4, -0.2) is 67.6 Å². The van der Waals surface area contributed by atoms with E-state index < -0.39 is 40.5 Å². The van der Waals surface area contributed by atoms with Gasteiger partial charge >= 0.3 is 0 Å². The second-order valence-corrected chi connectivity index (χ2v) is 20.5. The Morgan fingerprint density at radius 2 is 0.785 bits per heavy atom. The van der Waals surface area contributed by atoms with E-state index >= 15 is 0 Å². The van der Waals surface area contributed by atoms with E-state index in [9.17, 15) is 51.9 Å². The average molecular weight is 950 g/mol. The van der Waals surface area contributed by atoms with Gasteiger partial charge in [-0.05, 0) is 125 Å². The molecule has 2 aliphatic heterocycles. The Labute approximate surface area is 373 Å². The fourth-order valence-corrected chi connectivity index (χ4v) is 9.49. The van der Waals surface area contributed by atoms with Crippen LogP contribution in [0.15, 0.2) is 194 Å². The highest BCUT2D eigenvalue weighted by molar-refractivity contribution is 7.86. The van der Waals surface area contributed by atoms with E-state index in [1.807, 2.05) is 6.92 Å². The molecule has 8 rings (SSSR count). The number of aliphatic imine (C=N–C) groups is 1. The van der Waals surface area contributed by atoms with Crippen LogP contribution in [0.1, 0.15) is 40.6 Å². The van der Waals surface area contributed by atoms with Gasteiger partial charge in [0, 0.05) is 44.4 Å². The fourth-order valence-electron chi connectivity index (χ4n) is 7.57. The van der Waals surface area contributed by atoms with Crippen molar-refractivity contribution in [2.45, 2.75) is 26.5 Å². The standard InChI is InChI=1S/C46H35N3O12S4/c1-27-3-4-28(2)44(30-7-15-34(16-8-30)63(53,54)55)38-22-24-40(48-38)46(32-11-19-36(20-12-32)65(59,60)61)42-26-25-41(49-42)45(31-9-17-35(18-10-31)64(56,57)58)39-23-21-37(47-39)43(27)29-5-13-33(14-6-29)62(50,51)52/h3-26,47-48H,1H2,2H3,(H,50,51,52)(H,53,54,55)(H,56,57,58)(H,59,60,61)/b4-3-,43-37+,44-28+,45-39-,46-42-. The second kappa shape index (κ2) is 16.6. The Morgan fingerprint density at radius 1 is 0.415 bits per heavy atom. The summed E-state index contributed by atoms with van der Waals surface area (Å²) in [6, 6.07) is 29.2. The van der Waals surface area contributed by atoms with Gasteiger partial charge in [-0.3, -0.25) is 18.2 Å². The minimum absolute atomic E-state index is 0.322. The summed E-state index contributed by atoms with van der Waals surface area (Å²) in [7, 11) is -18.2. The summed E-state index contributed by atoms with van der Waals surface area (Å²) in [4.78, 5) is 10.6. The maximum Gasteiger partial charge on any atom is 0.294 e. The van der Waals surface area contributed by atoms with Crippen molar-refractivity contribution in [2.24, 2.45) is 4.99 Å². The Morgan fingerprint density at radius 3 is 1.22 bits per heavy atom. The molecule has 6 aromatic rings. The Balaban J connectivity index is 1.46. The van der Waals surface area contributed by atoms with Gasteiger partial charge in [0.1, 0.15) is 0 Å². The highest BCUT2D eigenvalue weighted by Crippen LogP contribution is 2.36. The molecule has 330 valence electrons. The van der Waals surface area contributed by atoms with Crippen molar-refractivity contribution >= 4 is 68.5 Å². The number of nitrogens with zero attached hydrogens (tertiary/aromatic N) is 1. The minimum atomic E-state index is -4.55. The molecule has 0 atom stereocenters. The fraction of sp³-hybridized carbons (Fsp3) is 0.0217. The van der Waals surface area contributed by atoms with Crippen molar-refractivity contribution in [2.75, 3.05) is 0 Å². The van der Waals surface area contributed by atoms with Crippen molar-refractivity contribution in [1.82, 2.24) is 9.97 Å². The van der Waals surface area contributed by atoms with E-state index in [2.05, 4.69) is 16.5 Å². The summed E-state index contributed by atoms with van der Waals surface area (Å²) in [5.74, 6) is 0. The third kappa shape index (κ3) is 9.26. The predicted molar refractivity (Wildman–Crippen MR) is 243 cm³/mol. The molecule has 0 saturated heterocycles. The first-order valence-corrected chi connectivity index (χ1v) is 24.9. The number of nitrogens with one attached hydrogen (secondary N) is 2. The van der Waals surface area contributed by atoms with Crippen molar-refractivity contribution < 1.29 is 51.9 Å². The van der Waals surface area contributed by atoms with Crippen LogP contribution in [0.3, 0.4) is 0 Å². The van der Waals surface area contributed by atoms with E-state index in [-0.39, 0.29) is 19.6 Å². The normalized spacial score (nSPS) is 19.5. The number of hydrogen-bond acceptors (Lipinski definition) is 9. The maximum absolute atomic E-state index is 12.0. The average Bonchev–Trinajstić information content (AvgIpc) is 4.03. The molecule has 0 radical (unpaired) electrons. The molecule has 2 aromatic heterocycles. The van der Waals surface area contributed by atoms with Gasteiger partial charge in [0.05, 0.1) is 31.0 Å². The molecule has 0 unspecified atom stereocenters. The van der Waals surface area contributed by atoms with Crippen molar-refractivity contribution in [1.29, 1.82) is 0 Å². The molecule has 0 saturated carbocycles. The number of hydrogen-bond donors (Lipinski definition) is 6. The zero-order chi connectivity index (χ0) is 46.6. The molecule has 0 fully saturated rings. The lowest BCUT2D eigenvalue weighted by atomic mass is 9.95. The quantitative estimate of drug-likeness (QED) is 0.0940. The number of aromatic amines is 2. The molecule has 6 bridgehead atoms. The zero-order valence-corrected chi connectivity index (χ0v) is 37.0. The number of H-pyrrole nitrogens is 2. The predicted octanol–water partition coefficient (Wildman–Crippen LogP) is 6.15. The minimum Gasteiger partial charge on any atom is -0.354 e. The van der Waals surface area contributed by atoms with E-state index in [0.717, 1.165) is 0 Å². The van der Waals surface area contributed by atoms with E-state index in [1.165, 1.54) is 97.1 Å². The Bertz CT molecular complexity index is 3730. The van der Waals surface area contributed by atoms with Crippen molar-refractivity contribution in [3.05, 3.63) is 213 Å². The highest BCUT2D eigenvalue weighted by atomic mass is 32.2. The molecule has 4 heterocycles. The summed E-state index contributed by atoms with van der Waals surface area (Å²) < 4.78 is 135. The van der Waals surface area contributed by atoms with E-state index in [0.29, 0.717) is 89.2 Å². The largest absolute Gasteiger partial charge is 0.354 e. The van der Waals surface area contributed by atoms with Gasteiger partial charge in [0.2, 0.25) is 0 Å². The van der Waals surface area contributed by atoms with E-state index in [4.69, 9.17) is 4.99 Å². The Kier molecular flexibility index (Phi) is 11.5. The second-order valence-electron chi connectivity index (χ2n) is 14.8. The van der Waals surface area contributed by atoms with Crippen LogP contribution in [-0.2, 0) is 40.5 Å². The first-order chi connectivity index (χ1) is 30.6. The van der Waals surface area contributed by atoms with Gasteiger partial charge in [-0.25, -0.2) is 4.99 Å². The lowest BCUT2D eigenvalue weighted by molar-refractivity contribution is 0.481. The molecular formula is C46H35N3O12S4. The summed E-state index contributed by atoms with van der Waals surface area (Å²) in [6.45, 7) is 6.19. The molecule has 6 N–H and O–H groups in total. The lowest BCUT2D eigenvalue weighted by Crippen LogP contribution is -2.19. The summed E-state index contributed by atoms with van der Waals surface area (Å²) in [5.41, 5.74) is 7.02. The summed E-state index contributed by atoms with van der Waals surface area (Å²) in [5, 5.41) is 0.991. The SMILES string of the molecule is C=C1/C=C\C(C)=C(/c2ccc(S(=O)(=O)O)cc2)c2ccc([nH]2)/C(c2ccc(S(=O)(=O)O)cc2)=C2/C=CC(=N2)/C(c2ccc(S(=O)(=O)O)cc2)=c2/cc/c([nH]2)=C/1c1ccc(S(=O)(=O)O)cc1. The molecule has 0 aliphatic carbocycles. The first kappa shape index (κ1) is 44.8. The molecular weight excluding hydrogens is 915 g/mol. The third-order valence-corrected chi connectivity index (χ3v) is 14.1. The third-order valence-electron chi connectivity index (χ3n) is 10.6. The van der Waals surface area contributed by atoms with Crippen LogP contribution in [0.2, 0.25) is 0 Å². The van der Waals surface area contributed by atoms with Crippen LogP contribution in [0.4, 0.5) is 0 Å². The number of benzene rings is 4. The van der Waals surface area contributed by atoms with Crippen LogP contribution in [0, 0.1) is 0 Å². The van der Waals surface area contributed by atoms with Gasteiger partial charge in [-0.2, -0.15) is 33.7 Å². The zero-order valence-electron chi connectivity index (χ0n) is 33.7. The molecule has 2 aliphatic rings. The van der Waals surface area contributed by atoms with Gasteiger partial charge in [-0.1, -0.05) is 67.3 Å². The first-order valence-electron chi connectivity index (χ1n) is 19.1. The van der Waals surface area contributed by atoms with Crippen LogP contribution in [0.25, 0.3) is 22.3 Å². The van der Waals surface area contributed by atoms with Crippen molar-refractivity contribution in [3.63, 3.8) is 0 Å². The van der Waals surface area contributed by atoms with E-state index in [1.54, 1.807) is 48.6 Å². The monoisotopic (exact) mass is 949 g/mol. The summed E-state index contributed by atoms with van der Waals surface area (Å²) in [6.07, 6.45) is 6.97. The maximum atomic E-state index is 12.0. The van der Waals surface area contributed by atoms with Crippen LogP contribution in [0.5, 0.6) is 0 Å². The molecule has 19 heteroatoms. The number of aromatic nitrogens is 2. The van der Waals surface area contributed by atoms with Crippen molar-refractivity contribution in [3.8, 4) is 0 Å². The molecule has 0 spiro atoms. The highest BCUT2D eigenvalue weighted by Gasteiger charge is 2.23. The smallest absolute Gasteiger partial charge is 0.294 e. The van der Waals surface area contributed by atoms with Gasteiger partial charge in [0.15, 0.2) is 0 Å². The Hall–Kier alpha value is -6.81. The van der Waals surface area contributed by atoms with Gasteiger partial charge in [-0.15, -0.1) is 0 Å². The van der Waals surface area contributed by atoms with Crippen LogP contribution < -0.4 is 10.7 Å². The molecule has 0 amide bonds. The lowest BCUT2D eigenvalue weighted by Gasteiger charge is -2.13. The number of fused-ring (bicyclic) bond motifs is 5. The topological polar surface area (TPSA) is 261 Å². The number of allylic oxidation sites excluding steroid dienone is 6. The van der Waals surface area contributed by atoms with Crippen LogP contribution >= 0.6 is 0 Å². The summed E-state index contributed by atoms with van der Waals surface area (Å²) >= 11 is 0. The molecule has 4 aromatic carbocycles. The molecule has 65 heavy (non-hydrogen) atoms. The van der Waals surface area contributed by atoms with Gasteiger partial charge < -0.3 is 9.97 Å². The number of rotatable bonds is 8.